The van der Waals surface area contributed by atoms with E-state index in [2.05, 4.69) is 41.5 Å². The average molecular weight is 291 g/mol. The molecule has 0 unspecified atom stereocenters. The SMILES string of the molecule is COC(=O)NCCNC(=O)c1[nH]ncc1Br. The molecule has 0 spiro atoms. The first kappa shape index (κ1) is 12.5. The van der Waals surface area contributed by atoms with Crippen molar-refractivity contribution < 1.29 is 14.3 Å². The monoisotopic (exact) mass is 290 g/mol. The van der Waals surface area contributed by atoms with E-state index in [-0.39, 0.29) is 5.91 Å². The third-order valence-electron chi connectivity index (χ3n) is 1.69. The maximum atomic E-state index is 11.5. The molecule has 7 nitrogen and oxygen atoms in total. The lowest BCUT2D eigenvalue weighted by molar-refractivity contribution is 0.0947. The highest BCUT2D eigenvalue weighted by molar-refractivity contribution is 9.10. The maximum absolute atomic E-state index is 11.5. The molecule has 8 heteroatoms. The van der Waals surface area contributed by atoms with Crippen LogP contribution >= 0.6 is 15.9 Å². The van der Waals surface area contributed by atoms with Crippen LogP contribution in [0.4, 0.5) is 4.79 Å². The maximum Gasteiger partial charge on any atom is 0.406 e. The highest BCUT2D eigenvalue weighted by Gasteiger charge is 2.10. The number of nitrogens with one attached hydrogen (secondary N) is 3. The molecule has 1 aromatic rings. The van der Waals surface area contributed by atoms with Gasteiger partial charge in [-0.1, -0.05) is 0 Å². The molecule has 0 aliphatic carbocycles. The molecule has 88 valence electrons. The number of rotatable bonds is 4. The summed E-state index contributed by atoms with van der Waals surface area (Å²) in [5.74, 6) is -0.295. The molecule has 0 radical (unpaired) electrons. The number of alkyl carbamates (subject to hydrolysis) is 1. The summed E-state index contributed by atoms with van der Waals surface area (Å²) in [7, 11) is 1.27. The van der Waals surface area contributed by atoms with E-state index < -0.39 is 6.09 Å². The van der Waals surface area contributed by atoms with Crippen LogP contribution in [0.25, 0.3) is 0 Å². The molecule has 1 heterocycles. The summed E-state index contributed by atoms with van der Waals surface area (Å²) < 4.78 is 4.95. The molecule has 0 aliphatic heterocycles. The van der Waals surface area contributed by atoms with E-state index in [1.807, 2.05) is 0 Å². The third kappa shape index (κ3) is 3.54. The Morgan fingerprint density at radius 3 is 2.75 bits per heavy atom. The van der Waals surface area contributed by atoms with Crippen LogP contribution < -0.4 is 10.6 Å². The number of carbonyl (C=O) groups is 2. The van der Waals surface area contributed by atoms with Gasteiger partial charge in [0.2, 0.25) is 0 Å². The number of ether oxygens (including phenoxy) is 1. The van der Waals surface area contributed by atoms with Crippen LogP contribution in [0.5, 0.6) is 0 Å². The van der Waals surface area contributed by atoms with Crippen molar-refractivity contribution in [3.05, 3.63) is 16.4 Å². The number of aromatic amines is 1. The lowest BCUT2D eigenvalue weighted by Gasteiger charge is -2.05. The van der Waals surface area contributed by atoms with E-state index in [0.29, 0.717) is 23.3 Å². The van der Waals surface area contributed by atoms with Gasteiger partial charge >= 0.3 is 6.09 Å². The fourth-order valence-electron chi connectivity index (χ4n) is 0.932. The number of hydrogen-bond donors (Lipinski definition) is 3. The standard InChI is InChI=1S/C8H11BrN4O3/c1-16-8(15)11-3-2-10-7(14)6-5(9)4-12-13-6/h4H,2-3H2,1H3,(H,10,14)(H,11,15)(H,12,13). The van der Waals surface area contributed by atoms with Crippen molar-refractivity contribution >= 4 is 27.9 Å². The summed E-state index contributed by atoms with van der Waals surface area (Å²) in [4.78, 5) is 22.2. The summed E-state index contributed by atoms with van der Waals surface area (Å²) in [6.45, 7) is 0.601. The van der Waals surface area contributed by atoms with Gasteiger partial charge in [-0.3, -0.25) is 9.89 Å². The topological polar surface area (TPSA) is 96.1 Å². The summed E-state index contributed by atoms with van der Waals surface area (Å²) >= 11 is 3.17. The number of methoxy groups -OCH3 is 1. The van der Waals surface area contributed by atoms with Gasteiger partial charge in [-0.25, -0.2) is 4.79 Å². The van der Waals surface area contributed by atoms with E-state index in [4.69, 9.17) is 0 Å². The van der Waals surface area contributed by atoms with Crippen LogP contribution in [-0.4, -0.2) is 42.4 Å². The van der Waals surface area contributed by atoms with Gasteiger partial charge in [0.15, 0.2) is 0 Å². The predicted octanol–water partition coefficient (Wildman–Crippen LogP) is 0.258. The number of amides is 2. The Morgan fingerprint density at radius 1 is 1.50 bits per heavy atom. The van der Waals surface area contributed by atoms with Gasteiger partial charge < -0.3 is 15.4 Å². The van der Waals surface area contributed by atoms with Gasteiger partial charge in [0.05, 0.1) is 17.8 Å². The van der Waals surface area contributed by atoms with E-state index in [1.165, 1.54) is 13.3 Å². The lowest BCUT2D eigenvalue weighted by atomic mass is 10.4. The first-order valence-electron chi connectivity index (χ1n) is 4.44. The third-order valence-corrected chi connectivity index (χ3v) is 2.29. The number of nitrogens with zero attached hydrogens (tertiary/aromatic N) is 1. The van der Waals surface area contributed by atoms with Crippen molar-refractivity contribution in [2.75, 3.05) is 20.2 Å². The molecule has 16 heavy (non-hydrogen) atoms. The zero-order valence-corrected chi connectivity index (χ0v) is 10.1. The lowest BCUT2D eigenvalue weighted by Crippen LogP contribution is -2.34. The Morgan fingerprint density at radius 2 is 2.19 bits per heavy atom. The van der Waals surface area contributed by atoms with Crippen LogP contribution in [-0.2, 0) is 4.74 Å². The largest absolute Gasteiger partial charge is 0.453 e. The summed E-state index contributed by atoms with van der Waals surface area (Å²) in [6, 6.07) is 0. The highest BCUT2D eigenvalue weighted by Crippen LogP contribution is 2.11. The number of hydrogen-bond acceptors (Lipinski definition) is 4. The van der Waals surface area contributed by atoms with Gasteiger partial charge in [0.1, 0.15) is 5.69 Å². The second kappa shape index (κ2) is 6.11. The Balaban J connectivity index is 2.26. The average Bonchev–Trinajstić information content (AvgIpc) is 2.70. The summed E-state index contributed by atoms with van der Waals surface area (Å²) in [6.07, 6.45) is 0.957. The van der Waals surface area contributed by atoms with E-state index in [1.54, 1.807) is 0 Å². The van der Waals surface area contributed by atoms with Crippen LogP contribution in [0.15, 0.2) is 10.7 Å². The van der Waals surface area contributed by atoms with Crippen molar-refractivity contribution in [1.29, 1.82) is 0 Å². The number of halogens is 1. The fraction of sp³-hybridized carbons (Fsp3) is 0.375. The Kier molecular flexibility index (Phi) is 4.77. The minimum Gasteiger partial charge on any atom is -0.453 e. The molecule has 0 aliphatic rings. The first-order valence-corrected chi connectivity index (χ1v) is 5.23. The van der Waals surface area contributed by atoms with E-state index in [0.717, 1.165) is 0 Å². The number of carbonyl (C=O) groups excluding carboxylic acids is 2. The fourth-order valence-corrected chi connectivity index (χ4v) is 1.30. The van der Waals surface area contributed by atoms with Crippen molar-refractivity contribution in [1.82, 2.24) is 20.8 Å². The number of H-pyrrole nitrogens is 1. The number of aromatic nitrogens is 2. The molecule has 3 N–H and O–H groups in total. The van der Waals surface area contributed by atoms with E-state index >= 15 is 0 Å². The summed E-state index contributed by atoms with van der Waals surface area (Å²) in [5, 5.41) is 11.3. The minimum atomic E-state index is -0.531. The van der Waals surface area contributed by atoms with Gasteiger partial charge in [0.25, 0.3) is 5.91 Å². The molecule has 0 aromatic carbocycles. The van der Waals surface area contributed by atoms with Gasteiger partial charge in [-0.15, -0.1) is 0 Å². The zero-order valence-electron chi connectivity index (χ0n) is 8.54. The van der Waals surface area contributed by atoms with Gasteiger partial charge in [-0.05, 0) is 15.9 Å². The van der Waals surface area contributed by atoms with Crippen LogP contribution in [0, 0.1) is 0 Å². The smallest absolute Gasteiger partial charge is 0.406 e. The van der Waals surface area contributed by atoms with Gasteiger partial charge in [0, 0.05) is 13.1 Å². The molecular formula is C8H11BrN4O3. The molecule has 2 amide bonds. The molecule has 0 saturated heterocycles. The Hall–Kier alpha value is -1.57. The van der Waals surface area contributed by atoms with Gasteiger partial charge in [-0.2, -0.15) is 5.10 Å². The summed E-state index contributed by atoms with van der Waals surface area (Å²) in [5.41, 5.74) is 0.345. The molecule has 0 saturated carbocycles. The Bertz CT molecular complexity index is 379. The molecule has 0 bridgehead atoms. The second-order valence-corrected chi connectivity index (χ2v) is 3.62. The molecular weight excluding hydrogens is 280 g/mol. The van der Waals surface area contributed by atoms with Crippen LogP contribution in [0.2, 0.25) is 0 Å². The Labute approximate surface area is 100 Å². The molecule has 1 rings (SSSR count). The predicted molar refractivity (Wildman–Crippen MR) is 59.0 cm³/mol. The first-order chi connectivity index (χ1) is 7.65. The highest BCUT2D eigenvalue weighted by atomic mass is 79.9. The second-order valence-electron chi connectivity index (χ2n) is 2.77. The normalized spacial score (nSPS) is 9.62. The molecule has 1 aromatic heterocycles. The van der Waals surface area contributed by atoms with Crippen molar-refractivity contribution in [2.24, 2.45) is 0 Å². The van der Waals surface area contributed by atoms with Crippen LogP contribution in [0.3, 0.4) is 0 Å². The molecule has 0 atom stereocenters. The molecule has 0 fully saturated rings. The van der Waals surface area contributed by atoms with Crippen molar-refractivity contribution in [3.63, 3.8) is 0 Å². The van der Waals surface area contributed by atoms with Crippen molar-refractivity contribution in [3.8, 4) is 0 Å². The van der Waals surface area contributed by atoms with Crippen molar-refractivity contribution in [2.45, 2.75) is 0 Å². The quantitative estimate of drug-likeness (QED) is 0.693. The zero-order chi connectivity index (χ0) is 12.0. The van der Waals surface area contributed by atoms with E-state index in [9.17, 15) is 9.59 Å². The van der Waals surface area contributed by atoms with Crippen LogP contribution in [0.1, 0.15) is 10.5 Å². The minimum absolute atomic E-state index is 0.295.